The Kier molecular flexibility index (Phi) is 7.05. The van der Waals surface area contributed by atoms with Gasteiger partial charge in [-0.25, -0.2) is 4.68 Å². The van der Waals surface area contributed by atoms with Gasteiger partial charge in [-0.05, 0) is 68.6 Å². The summed E-state index contributed by atoms with van der Waals surface area (Å²) in [6.07, 6.45) is 2.12. The predicted molar refractivity (Wildman–Crippen MR) is 127 cm³/mol. The Morgan fingerprint density at radius 3 is 2.45 bits per heavy atom. The van der Waals surface area contributed by atoms with Gasteiger partial charge >= 0.3 is 0 Å². The molecule has 0 amide bonds. The first-order chi connectivity index (χ1) is 15.2. The van der Waals surface area contributed by atoms with Gasteiger partial charge in [0.25, 0.3) is 0 Å². The summed E-state index contributed by atoms with van der Waals surface area (Å²) in [5, 5.41) is 4.86. The third-order valence-electron chi connectivity index (χ3n) is 6.32. The van der Waals surface area contributed by atoms with Gasteiger partial charge in [0.1, 0.15) is 0 Å². The molecule has 1 aromatic heterocycles. The van der Waals surface area contributed by atoms with E-state index in [1.54, 1.807) is 7.11 Å². The lowest BCUT2D eigenvalue weighted by atomic mass is 10.1. The lowest BCUT2D eigenvalue weighted by Crippen LogP contribution is -2.47. The van der Waals surface area contributed by atoms with Crippen molar-refractivity contribution in [3.05, 3.63) is 77.1 Å². The SMILES string of the molecule is COCc1cc(CCCN2CCN(c3cccc(C)c3C)CC2)nn1-c1ccccc1. The second kappa shape index (κ2) is 10.1. The molecule has 31 heavy (non-hydrogen) atoms. The van der Waals surface area contributed by atoms with E-state index in [0.29, 0.717) is 6.61 Å². The fourth-order valence-electron chi connectivity index (χ4n) is 4.41. The van der Waals surface area contributed by atoms with E-state index < -0.39 is 0 Å². The van der Waals surface area contributed by atoms with Crippen LogP contribution in [-0.4, -0.2) is 54.5 Å². The van der Waals surface area contributed by atoms with E-state index in [1.807, 2.05) is 22.9 Å². The van der Waals surface area contributed by atoms with Crippen molar-refractivity contribution < 1.29 is 4.74 Å². The molecule has 0 spiro atoms. The standard InChI is InChI=1S/C26H34N4O/c1-21-9-7-13-26(22(21)2)29-17-15-28(16-18-29)14-8-10-23-19-25(20-31-3)30(27-23)24-11-5-4-6-12-24/h4-7,9,11-13,19H,8,10,14-18,20H2,1-3H3. The number of piperazine rings is 1. The van der Waals surface area contributed by atoms with Crippen LogP contribution in [0.1, 0.15) is 28.9 Å². The van der Waals surface area contributed by atoms with Crippen LogP contribution >= 0.6 is 0 Å². The van der Waals surface area contributed by atoms with Gasteiger partial charge in [0.05, 0.1) is 23.7 Å². The van der Waals surface area contributed by atoms with Crippen LogP contribution in [0.5, 0.6) is 0 Å². The van der Waals surface area contributed by atoms with Crippen LogP contribution in [-0.2, 0) is 17.8 Å². The number of ether oxygens (including phenoxy) is 1. The van der Waals surface area contributed by atoms with E-state index in [0.717, 1.165) is 62.6 Å². The minimum atomic E-state index is 0.572. The summed E-state index contributed by atoms with van der Waals surface area (Å²) in [5.41, 5.74) is 7.52. The summed E-state index contributed by atoms with van der Waals surface area (Å²) in [6, 6.07) is 19.1. The van der Waals surface area contributed by atoms with E-state index in [-0.39, 0.29) is 0 Å². The zero-order valence-corrected chi connectivity index (χ0v) is 19.1. The molecule has 4 rings (SSSR count). The van der Waals surface area contributed by atoms with Gasteiger partial charge in [-0.2, -0.15) is 5.10 Å². The molecule has 0 aliphatic carbocycles. The van der Waals surface area contributed by atoms with Crippen molar-refractivity contribution in [1.29, 1.82) is 0 Å². The molecule has 164 valence electrons. The van der Waals surface area contributed by atoms with E-state index in [1.165, 1.54) is 16.8 Å². The first kappa shape index (κ1) is 21.6. The molecule has 1 fully saturated rings. The Hall–Kier alpha value is -2.63. The molecule has 2 aromatic carbocycles. The molecule has 0 N–H and O–H groups in total. The smallest absolute Gasteiger partial charge is 0.0885 e. The zero-order chi connectivity index (χ0) is 21.6. The first-order valence-electron chi connectivity index (χ1n) is 11.3. The molecule has 0 bridgehead atoms. The normalized spacial score (nSPS) is 14.9. The van der Waals surface area contributed by atoms with Crippen molar-refractivity contribution in [2.75, 3.05) is 44.7 Å². The molecule has 0 saturated carbocycles. The Bertz CT molecular complexity index is 974. The molecule has 1 saturated heterocycles. The third kappa shape index (κ3) is 5.17. The van der Waals surface area contributed by atoms with Crippen molar-refractivity contribution in [2.45, 2.75) is 33.3 Å². The minimum Gasteiger partial charge on any atom is -0.378 e. The van der Waals surface area contributed by atoms with Crippen LogP contribution in [0.4, 0.5) is 5.69 Å². The first-order valence-corrected chi connectivity index (χ1v) is 11.3. The van der Waals surface area contributed by atoms with E-state index >= 15 is 0 Å². The summed E-state index contributed by atoms with van der Waals surface area (Å²) in [4.78, 5) is 5.13. The predicted octanol–water partition coefficient (Wildman–Crippen LogP) is 4.39. The summed E-state index contributed by atoms with van der Waals surface area (Å²) in [7, 11) is 1.74. The molecule has 1 aliphatic rings. The summed E-state index contributed by atoms with van der Waals surface area (Å²) in [5.74, 6) is 0. The number of benzene rings is 2. The summed E-state index contributed by atoms with van der Waals surface area (Å²) in [6.45, 7) is 10.6. The molecule has 0 atom stereocenters. The Labute approximate surface area is 186 Å². The number of aryl methyl sites for hydroxylation is 2. The van der Waals surface area contributed by atoms with E-state index in [9.17, 15) is 0 Å². The van der Waals surface area contributed by atoms with Crippen molar-refractivity contribution in [2.24, 2.45) is 0 Å². The Morgan fingerprint density at radius 2 is 1.71 bits per heavy atom. The van der Waals surface area contributed by atoms with Crippen LogP contribution in [0.15, 0.2) is 54.6 Å². The average Bonchev–Trinajstić information content (AvgIpc) is 3.20. The monoisotopic (exact) mass is 418 g/mol. The highest BCUT2D eigenvalue weighted by Gasteiger charge is 2.18. The molecule has 0 unspecified atom stereocenters. The fourth-order valence-corrected chi connectivity index (χ4v) is 4.41. The Morgan fingerprint density at radius 1 is 0.935 bits per heavy atom. The maximum Gasteiger partial charge on any atom is 0.0885 e. The van der Waals surface area contributed by atoms with Crippen LogP contribution in [0.25, 0.3) is 5.69 Å². The number of aromatic nitrogens is 2. The highest BCUT2D eigenvalue weighted by molar-refractivity contribution is 5.56. The molecule has 5 nitrogen and oxygen atoms in total. The third-order valence-corrected chi connectivity index (χ3v) is 6.32. The number of hydrogen-bond acceptors (Lipinski definition) is 4. The van der Waals surface area contributed by atoms with Gasteiger partial charge in [-0.1, -0.05) is 30.3 Å². The number of hydrogen-bond donors (Lipinski definition) is 0. The van der Waals surface area contributed by atoms with Crippen molar-refractivity contribution in [3.63, 3.8) is 0 Å². The van der Waals surface area contributed by atoms with Gasteiger partial charge in [-0.15, -0.1) is 0 Å². The summed E-state index contributed by atoms with van der Waals surface area (Å²) >= 11 is 0. The second-order valence-electron chi connectivity index (χ2n) is 8.46. The quantitative estimate of drug-likeness (QED) is 0.543. The molecule has 1 aliphatic heterocycles. The van der Waals surface area contributed by atoms with Crippen molar-refractivity contribution >= 4 is 5.69 Å². The van der Waals surface area contributed by atoms with Gasteiger partial charge in [-0.3, -0.25) is 4.90 Å². The van der Waals surface area contributed by atoms with Crippen LogP contribution in [0.2, 0.25) is 0 Å². The van der Waals surface area contributed by atoms with Crippen LogP contribution in [0, 0.1) is 13.8 Å². The molecule has 2 heterocycles. The second-order valence-corrected chi connectivity index (χ2v) is 8.46. The Balaban J connectivity index is 1.30. The molecule has 3 aromatic rings. The zero-order valence-electron chi connectivity index (χ0n) is 19.1. The largest absolute Gasteiger partial charge is 0.378 e. The van der Waals surface area contributed by atoms with Crippen LogP contribution in [0.3, 0.4) is 0 Å². The van der Waals surface area contributed by atoms with Crippen LogP contribution < -0.4 is 4.90 Å². The van der Waals surface area contributed by atoms with Gasteiger partial charge in [0.15, 0.2) is 0 Å². The average molecular weight is 419 g/mol. The number of rotatable bonds is 8. The maximum absolute atomic E-state index is 5.39. The van der Waals surface area contributed by atoms with E-state index in [4.69, 9.17) is 9.84 Å². The van der Waals surface area contributed by atoms with Gasteiger partial charge in [0, 0.05) is 39.0 Å². The van der Waals surface area contributed by atoms with Gasteiger partial charge < -0.3 is 9.64 Å². The fraction of sp³-hybridized carbons (Fsp3) is 0.423. The molecular weight excluding hydrogens is 384 g/mol. The number of anilines is 1. The summed E-state index contributed by atoms with van der Waals surface area (Å²) < 4.78 is 7.41. The molecular formula is C26H34N4O. The number of nitrogens with zero attached hydrogens (tertiary/aromatic N) is 4. The van der Waals surface area contributed by atoms with Crippen molar-refractivity contribution in [3.8, 4) is 5.69 Å². The highest BCUT2D eigenvalue weighted by atomic mass is 16.5. The molecule has 0 radical (unpaired) electrons. The lowest BCUT2D eigenvalue weighted by Gasteiger charge is -2.37. The lowest BCUT2D eigenvalue weighted by molar-refractivity contribution is 0.179. The van der Waals surface area contributed by atoms with E-state index in [2.05, 4.69) is 60.0 Å². The maximum atomic E-state index is 5.39. The topological polar surface area (TPSA) is 33.5 Å². The number of methoxy groups -OCH3 is 1. The highest BCUT2D eigenvalue weighted by Crippen LogP contribution is 2.24. The number of para-hydroxylation sites is 1. The van der Waals surface area contributed by atoms with Gasteiger partial charge in [0.2, 0.25) is 0 Å². The molecule has 5 heteroatoms. The minimum absolute atomic E-state index is 0.572. The van der Waals surface area contributed by atoms with Crippen molar-refractivity contribution in [1.82, 2.24) is 14.7 Å².